The van der Waals surface area contributed by atoms with E-state index in [-0.39, 0.29) is 43.2 Å². The topological polar surface area (TPSA) is 108 Å². The van der Waals surface area contributed by atoms with Crippen molar-refractivity contribution in [2.24, 2.45) is 0 Å². The maximum Gasteiger partial charge on any atom is 0.433 e. The van der Waals surface area contributed by atoms with E-state index in [2.05, 4.69) is 26.3 Å². The summed E-state index contributed by atoms with van der Waals surface area (Å²) in [6.07, 6.45) is -2.17. The number of rotatable bonds is 7. The van der Waals surface area contributed by atoms with E-state index in [1.807, 2.05) is 19.0 Å². The van der Waals surface area contributed by atoms with Crippen LogP contribution >= 0.6 is 0 Å². The van der Waals surface area contributed by atoms with Gasteiger partial charge < -0.3 is 30.9 Å². The number of carbonyl (C=O) groups excluding carboxylic acids is 2. The van der Waals surface area contributed by atoms with Gasteiger partial charge in [-0.25, -0.2) is 14.6 Å². The third kappa shape index (κ3) is 6.12. The fraction of sp³-hybridized carbons (Fsp3) is 0.632. The van der Waals surface area contributed by atoms with Gasteiger partial charge in [-0.3, -0.25) is 0 Å². The average Bonchev–Trinajstić information content (AvgIpc) is 3.07. The number of nitrogens with one attached hydrogen (secondary N) is 4. The predicted molar refractivity (Wildman–Crippen MR) is 106 cm³/mol. The Morgan fingerprint density at radius 1 is 1.29 bits per heavy atom. The van der Waals surface area contributed by atoms with Crippen molar-refractivity contribution < 1.29 is 27.5 Å². The molecule has 4 amide bonds. The Balaban J connectivity index is 1.61. The molecule has 3 rings (SSSR count). The molecule has 2 aliphatic rings. The fourth-order valence-corrected chi connectivity index (χ4v) is 3.69. The van der Waals surface area contributed by atoms with Crippen molar-refractivity contribution in [2.75, 3.05) is 27.2 Å². The Morgan fingerprint density at radius 2 is 2.06 bits per heavy atom. The molecular formula is C19H27F3N6O3. The Labute approximate surface area is 178 Å². The number of hydrogen-bond acceptors (Lipinski definition) is 5. The van der Waals surface area contributed by atoms with Crippen molar-refractivity contribution in [2.45, 2.75) is 50.1 Å². The van der Waals surface area contributed by atoms with Crippen molar-refractivity contribution in [3.05, 3.63) is 23.4 Å². The quantitative estimate of drug-likeness (QED) is 0.509. The minimum Gasteiger partial charge on any atom is -0.476 e. The summed E-state index contributed by atoms with van der Waals surface area (Å²) >= 11 is 0. The van der Waals surface area contributed by atoms with Crippen LogP contribution in [0.1, 0.15) is 30.5 Å². The van der Waals surface area contributed by atoms with E-state index in [9.17, 15) is 22.8 Å². The van der Waals surface area contributed by atoms with Crippen LogP contribution in [0.5, 0.6) is 5.88 Å². The Kier molecular flexibility index (Phi) is 7.08. The first kappa shape index (κ1) is 22.9. The summed E-state index contributed by atoms with van der Waals surface area (Å²) in [6.45, 7) is 0.591. The summed E-state index contributed by atoms with van der Waals surface area (Å²) in [6, 6.07) is 0.926. The number of aromatic nitrogens is 1. The van der Waals surface area contributed by atoms with Crippen LogP contribution in [0.2, 0.25) is 0 Å². The van der Waals surface area contributed by atoms with Crippen LogP contribution in [0.4, 0.5) is 22.8 Å². The molecule has 2 heterocycles. The van der Waals surface area contributed by atoms with Crippen LogP contribution in [0.15, 0.2) is 12.1 Å². The second-order valence-corrected chi connectivity index (χ2v) is 7.92. The number of nitrogens with zero attached hydrogens (tertiary/aromatic N) is 2. The maximum absolute atomic E-state index is 13.0. The molecule has 12 heteroatoms. The Hall–Kier alpha value is -2.76. The van der Waals surface area contributed by atoms with Gasteiger partial charge in [-0.15, -0.1) is 0 Å². The number of carbonyl (C=O) groups is 2. The van der Waals surface area contributed by atoms with Gasteiger partial charge in [0.25, 0.3) is 0 Å². The Morgan fingerprint density at radius 3 is 2.77 bits per heavy atom. The molecule has 172 valence electrons. The number of fused-ring (bicyclic) bond motifs is 1. The molecule has 0 spiro atoms. The zero-order chi connectivity index (χ0) is 22.6. The highest BCUT2D eigenvalue weighted by Crippen LogP contribution is 2.30. The molecule has 4 N–H and O–H groups in total. The molecular weight excluding hydrogens is 417 g/mol. The normalized spacial score (nSPS) is 23.0. The summed E-state index contributed by atoms with van der Waals surface area (Å²) in [5.74, 6) is -0.165. The van der Waals surface area contributed by atoms with Crippen molar-refractivity contribution in [3.8, 4) is 5.88 Å². The van der Waals surface area contributed by atoms with E-state index in [0.717, 1.165) is 25.3 Å². The van der Waals surface area contributed by atoms with Gasteiger partial charge in [-0.2, -0.15) is 13.2 Å². The highest BCUT2D eigenvalue weighted by atomic mass is 19.4. The first-order chi connectivity index (χ1) is 14.6. The highest BCUT2D eigenvalue weighted by molar-refractivity contribution is 5.78. The van der Waals surface area contributed by atoms with Crippen LogP contribution in [0.3, 0.4) is 0 Å². The molecule has 1 aliphatic carbocycles. The van der Waals surface area contributed by atoms with Gasteiger partial charge in [0.2, 0.25) is 5.88 Å². The molecule has 3 atom stereocenters. The minimum absolute atomic E-state index is 0.0256. The van der Waals surface area contributed by atoms with Crippen molar-refractivity contribution >= 4 is 12.1 Å². The molecule has 1 saturated heterocycles. The van der Waals surface area contributed by atoms with E-state index >= 15 is 0 Å². The molecule has 1 aromatic heterocycles. The van der Waals surface area contributed by atoms with Crippen LogP contribution in [-0.2, 0) is 12.7 Å². The molecule has 31 heavy (non-hydrogen) atoms. The summed E-state index contributed by atoms with van der Waals surface area (Å²) in [5, 5.41) is 11.1. The largest absolute Gasteiger partial charge is 0.476 e. The Bertz CT molecular complexity index is 805. The third-order valence-corrected chi connectivity index (χ3v) is 5.27. The van der Waals surface area contributed by atoms with Gasteiger partial charge in [-0.1, -0.05) is 0 Å². The molecule has 0 aromatic carbocycles. The molecule has 0 bridgehead atoms. The molecule has 2 fully saturated rings. The van der Waals surface area contributed by atoms with Gasteiger partial charge in [0.15, 0.2) is 0 Å². The van der Waals surface area contributed by atoms with Crippen molar-refractivity contribution in [1.82, 2.24) is 31.2 Å². The lowest BCUT2D eigenvalue weighted by Gasteiger charge is -2.32. The van der Waals surface area contributed by atoms with Crippen LogP contribution in [0, 0.1) is 0 Å². The number of alkyl halides is 3. The van der Waals surface area contributed by atoms with Crippen LogP contribution in [-0.4, -0.2) is 67.3 Å². The molecule has 9 nitrogen and oxygen atoms in total. The summed E-state index contributed by atoms with van der Waals surface area (Å²) < 4.78 is 44.5. The van der Waals surface area contributed by atoms with Gasteiger partial charge in [0.1, 0.15) is 12.3 Å². The zero-order valence-corrected chi connectivity index (χ0v) is 17.4. The number of halogens is 3. The molecule has 1 saturated carbocycles. The first-order valence-electron chi connectivity index (χ1n) is 10.1. The average molecular weight is 444 g/mol. The highest BCUT2D eigenvalue weighted by Gasteiger charge is 2.40. The van der Waals surface area contributed by atoms with Crippen molar-refractivity contribution in [3.63, 3.8) is 0 Å². The van der Waals surface area contributed by atoms with Crippen LogP contribution < -0.4 is 26.0 Å². The molecule has 1 aromatic rings. The summed E-state index contributed by atoms with van der Waals surface area (Å²) in [4.78, 5) is 29.4. The lowest BCUT2D eigenvalue weighted by molar-refractivity contribution is -0.141. The van der Waals surface area contributed by atoms with Gasteiger partial charge in [0, 0.05) is 18.7 Å². The summed E-state index contributed by atoms with van der Waals surface area (Å²) in [7, 11) is 3.63. The van der Waals surface area contributed by atoms with Gasteiger partial charge in [0.05, 0.1) is 18.1 Å². The van der Waals surface area contributed by atoms with E-state index in [1.54, 1.807) is 0 Å². The number of pyridine rings is 1. The lowest BCUT2D eigenvalue weighted by Crippen LogP contribution is -2.56. The third-order valence-electron chi connectivity index (χ3n) is 5.27. The number of ether oxygens (including phenoxy) is 1. The standard InChI is InChI=1S/C19H27F3N6O3/c1-28(2)8-9-31-16-11(6-7-14(26-16)19(20,21)22)10-23-17(29)24-12-4-3-5-13-15(12)27-18(30)25-13/h6-7,12-13,15H,3-5,8-10H2,1-2H3,(H2,23,24,29)(H2,25,27,30). The minimum atomic E-state index is -4.60. The van der Waals surface area contributed by atoms with Crippen LogP contribution in [0.25, 0.3) is 0 Å². The van der Waals surface area contributed by atoms with E-state index in [0.29, 0.717) is 12.1 Å². The number of likely N-dealkylation sites (N-methyl/N-ethyl adjacent to an activating group) is 1. The van der Waals surface area contributed by atoms with Gasteiger partial charge in [-0.05, 0) is 45.5 Å². The number of urea groups is 2. The molecule has 1 aliphatic heterocycles. The van der Waals surface area contributed by atoms with E-state index < -0.39 is 17.9 Å². The SMILES string of the molecule is CN(C)CCOc1nc(C(F)(F)F)ccc1CNC(=O)NC1CCCC2NC(=O)NC12. The molecule has 3 unspecified atom stereocenters. The number of hydrogen-bond donors (Lipinski definition) is 4. The predicted octanol–water partition coefficient (Wildman–Crippen LogP) is 1.44. The number of amides is 4. The zero-order valence-electron chi connectivity index (χ0n) is 17.4. The fourth-order valence-electron chi connectivity index (χ4n) is 3.69. The maximum atomic E-state index is 13.0. The monoisotopic (exact) mass is 444 g/mol. The van der Waals surface area contributed by atoms with E-state index in [4.69, 9.17) is 4.74 Å². The lowest BCUT2D eigenvalue weighted by atomic mass is 9.87. The smallest absolute Gasteiger partial charge is 0.433 e. The van der Waals surface area contributed by atoms with Crippen molar-refractivity contribution in [1.29, 1.82) is 0 Å². The van der Waals surface area contributed by atoms with Gasteiger partial charge >= 0.3 is 18.2 Å². The second kappa shape index (κ2) is 9.58. The van der Waals surface area contributed by atoms with E-state index in [1.165, 1.54) is 6.07 Å². The molecule has 0 radical (unpaired) electrons. The first-order valence-corrected chi connectivity index (χ1v) is 10.1. The second-order valence-electron chi connectivity index (χ2n) is 7.92. The summed E-state index contributed by atoms with van der Waals surface area (Å²) in [5.41, 5.74) is -0.725.